The van der Waals surface area contributed by atoms with Gasteiger partial charge < -0.3 is 10.6 Å². The minimum Gasteiger partial charge on any atom is -0.306 e. The second kappa shape index (κ2) is 5.55. The lowest BCUT2D eigenvalue weighted by atomic mass is 9.96. The number of hydrogen-bond acceptors (Lipinski definition) is 3. The lowest BCUT2D eigenvalue weighted by Gasteiger charge is -2.15. The van der Waals surface area contributed by atoms with Crippen LogP contribution in [0, 0.1) is 6.92 Å². The summed E-state index contributed by atoms with van der Waals surface area (Å²) in [6, 6.07) is 1.75. The Balaban J connectivity index is 1.68. The molecule has 6 nitrogen and oxygen atoms in total. The molecule has 21 heavy (non-hydrogen) atoms. The summed E-state index contributed by atoms with van der Waals surface area (Å²) < 4.78 is 1.72. The lowest BCUT2D eigenvalue weighted by molar-refractivity contribution is 0.262. The number of nitrogens with one attached hydrogen (secondary N) is 2. The van der Waals surface area contributed by atoms with E-state index in [0.29, 0.717) is 5.69 Å². The number of rotatable bonds is 2. The molecule has 2 N–H and O–H groups in total. The number of carbonyl (C=O) groups excluding carboxylic acids is 1. The van der Waals surface area contributed by atoms with Gasteiger partial charge in [0.15, 0.2) is 0 Å². The topological polar surface area (TPSA) is 71.8 Å². The molecule has 2 heterocycles. The number of amides is 2. The minimum absolute atomic E-state index is 0.274. The van der Waals surface area contributed by atoms with Crippen molar-refractivity contribution < 1.29 is 4.79 Å². The van der Waals surface area contributed by atoms with E-state index in [1.54, 1.807) is 17.1 Å². The smallest absolute Gasteiger partial charge is 0.306 e. The van der Waals surface area contributed by atoms with Gasteiger partial charge in [-0.3, -0.25) is 9.67 Å². The van der Waals surface area contributed by atoms with Gasteiger partial charge in [0.25, 0.3) is 0 Å². The molecule has 0 bridgehead atoms. The number of urea groups is 1. The van der Waals surface area contributed by atoms with Gasteiger partial charge in [0.05, 0.1) is 29.5 Å². The number of carbonyl (C=O) groups is 1. The van der Waals surface area contributed by atoms with Crippen LogP contribution in [0.3, 0.4) is 0 Å². The van der Waals surface area contributed by atoms with Crippen molar-refractivity contribution in [2.24, 2.45) is 7.05 Å². The molecule has 6 heteroatoms. The molecule has 0 radical (unpaired) electrons. The predicted octanol–water partition coefficient (Wildman–Crippen LogP) is 2.65. The van der Waals surface area contributed by atoms with Crippen molar-refractivity contribution in [1.29, 1.82) is 0 Å². The Morgan fingerprint density at radius 2 is 2.05 bits per heavy atom. The Hall–Kier alpha value is -2.37. The van der Waals surface area contributed by atoms with Crippen LogP contribution in [-0.4, -0.2) is 20.8 Å². The van der Waals surface area contributed by atoms with Gasteiger partial charge in [0.1, 0.15) is 0 Å². The molecule has 2 amide bonds. The van der Waals surface area contributed by atoms with Gasteiger partial charge in [-0.15, -0.1) is 0 Å². The summed E-state index contributed by atoms with van der Waals surface area (Å²) in [6.45, 7) is 1.91. The standard InChI is InChI=1S/C15H19N5O/c1-10-14(9-17-20(10)2)19-15(21)18-12-7-11-5-3-4-6-13(11)16-8-12/h7-9H,3-6H2,1-2H3,(H2,18,19,21). The SMILES string of the molecule is Cc1c(NC(=O)Nc2cnc3c(c2)CCCC3)cnn1C. The Labute approximate surface area is 123 Å². The fraction of sp³-hybridized carbons (Fsp3) is 0.400. The molecule has 2 aromatic rings. The predicted molar refractivity (Wildman–Crippen MR) is 81.5 cm³/mol. The summed E-state index contributed by atoms with van der Waals surface area (Å²) >= 11 is 0. The number of nitrogens with zero attached hydrogens (tertiary/aromatic N) is 3. The van der Waals surface area contributed by atoms with Gasteiger partial charge in [-0.1, -0.05) is 0 Å². The number of fused-ring (bicyclic) bond motifs is 1. The van der Waals surface area contributed by atoms with Gasteiger partial charge >= 0.3 is 6.03 Å². The third-order valence-corrected chi connectivity index (χ3v) is 3.91. The molecule has 2 aromatic heterocycles. The minimum atomic E-state index is -0.274. The van der Waals surface area contributed by atoms with E-state index < -0.39 is 0 Å². The molecule has 0 fully saturated rings. The fourth-order valence-electron chi connectivity index (χ4n) is 2.56. The van der Waals surface area contributed by atoms with Crippen LogP contribution in [0.4, 0.5) is 16.2 Å². The first-order chi connectivity index (χ1) is 10.1. The maximum atomic E-state index is 12.0. The number of hydrogen-bond donors (Lipinski definition) is 2. The molecule has 0 atom stereocenters. The molecule has 0 unspecified atom stereocenters. The summed E-state index contributed by atoms with van der Waals surface area (Å²) in [5.74, 6) is 0. The zero-order chi connectivity index (χ0) is 14.8. The van der Waals surface area contributed by atoms with E-state index in [9.17, 15) is 4.79 Å². The first kappa shape index (κ1) is 13.6. The Morgan fingerprint density at radius 1 is 1.24 bits per heavy atom. The molecule has 0 aliphatic heterocycles. The largest absolute Gasteiger partial charge is 0.323 e. The third kappa shape index (κ3) is 2.89. The van der Waals surface area contributed by atoms with Gasteiger partial charge in [-0.2, -0.15) is 5.10 Å². The van der Waals surface area contributed by atoms with E-state index >= 15 is 0 Å². The zero-order valence-corrected chi connectivity index (χ0v) is 12.3. The monoisotopic (exact) mass is 285 g/mol. The van der Waals surface area contributed by atoms with E-state index in [1.165, 1.54) is 18.4 Å². The first-order valence-corrected chi connectivity index (χ1v) is 7.18. The van der Waals surface area contributed by atoms with Crippen LogP contribution < -0.4 is 10.6 Å². The van der Waals surface area contributed by atoms with Crippen LogP contribution in [-0.2, 0) is 19.9 Å². The first-order valence-electron chi connectivity index (χ1n) is 7.18. The highest BCUT2D eigenvalue weighted by Crippen LogP contribution is 2.22. The van der Waals surface area contributed by atoms with Crippen molar-refractivity contribution in [2.45, 2.75) is 32.6 Å². The number of aryl methyl sites for hydroxylation is 3. The van der Waals surface area contributed by atoms with E-state index in [-0.39, 0.29) is 6.03 Å². The quantitative estimate of drug-likeness (QED) is 0.891. The lowest BCUT2D eigenvalue weighted by Crippen LogP contribution is -2.20. The van der Waals surface area contributed by atoms with Gasteiger partial charge in [0.2, 0.25) is 0 Å². The molecule has 1 aliphatic rings. The van der Waals surface area contributed by atoms with E-state index in [1.807, 2.05) is 20.0 Å². The van der Waals surface area contributed by atoms with Crippen molar-refractivity contribution in [3.63, 3.8) is 0 Å². The molecule has 3 rings (SSSR count). The van der Waals surface area contributed by atoms with Crippen LogP contribution in [0.25, 0.3) is 0 Å². The summed E-state index contributed by atoms with van der Waals surface area (Å²) in [5.41, 5.74) is 4.76. The zero-order valence-electron chi connectivity index (χ0n) is 12.3. The van der Waals surface area contributed by atoms with E-state index in [2.05, 4.69) is 20.7 Å². The second-order valence-electron chi connectivity index (χ2n) is 5.38. The van der Waals surface area contributed by atoms with E-state index in [4.69, 9.17) is 0 Å². The second-order valence-corrected chi connectivity index (χ2v) is 5.38. The third-order valence-electron chi connectivity index (χ3n) is 3.91. The molecule has 0 aromatic carbocycles. The maximum Gasteiger partial charge on any atom is 0.323 e. The molecule has 1 aliphatic carbocycles. The van der Waals surface area contributed by atoms with Crippen molar-refractivity contribution in [2.75, 3.05) is 10.6 Å². The summed E-state index contributed by atoms with van der Waals surface area (Å²) in [4.78, 5) is 16.5. The highest BCUT2D eigenvalue weighted by atomic mass is 16.2. The van der Waals surface area contributed by atoms with Crippen molar-refractivity contribution in [3.8, 4) is 0 Å². The fourth-order valence-corrected chi connectivity index (χ4v) is 2.56. The Kier molecular flexibility index (Phi) is 3.60. The number of pyridine rings is 1. The van der Waals surface area contributed by atoms with Crippen LogP contribution in [0.2, 0.25) is 0 Å². The van der Waals surface area contributed by atoms with Gasteiger partial charge in [-0.25, -0.2) is 4.79 Å². The molecule has 110 valence electrons. The summed E-state index contributed by atoms with van der Waals surface area (Å²) in [7, 11) is 1.84. The van der Waals surface area contributed by atoms with Gasteiger partial charge in [0, 0.05) is 12.7 Å². The van der Waals surface area contributed by atoms with Crippen LogP contribution in [0.15, 0.2) is 18.5 Å². The normalized spacial score (nSPS) is 13.6. The summed E-state index contributed by atoms with van der Waals surface area (Å²) in [6.07, 6.45) is 7.84. The highest BCUT2D eigenvalue weighted by Gasteiger charge is 2.13. The maximum absolute atomic E-state index is 12.0. The molecular weight excluding hydrogens is 266 g/mol. The molecular formula is C15H19N5O. The Bertz CT molecular complexity index is 677. The highest BCUT2D eigenvalue weighted by molar-refractivity contribution is 5.99. The van der Waals surface area contributed by atoms with Crippen molar-refractivity contribution in [1.82, 2.24) is 14.8 Å². The number of anilines is 2. The average molecular weight is 285 g/mol. The van der Waals surface area contributed by atoms with Crippen molar-refractivity contribution in [3.05, 3.63) is 35.4 Å². The molecule has 0 saturated heterocycles. The van der Waals surface area contributed by atoms with Crippen LogP contribution >= 0.6 is 0 Å². The van der Waals surface area contributed by atoms with Crippen molar-refractivity contribution >= 4 is 17.4 Å². The van der Waals surface area contributed by atoms with E-state index in [0.717, 1.165) is 29.9 Å². The molecule has 0 saturated carbocycles. The Morgan fingerprint density at radius 3 is 2.81 bits per heavy atom. The summed E-state index contributed by atoms with van der Waals surface area (Å²) in [5, 5.41) is 9.72. The average Bonchev–Trinajstić information content (AvgIpc) is 2.79. The van der Waals surface area contributed by atoms with Crippen LogP contribution in [0.5, 0.6) is 0 Å². The van der Waals surface area contributed by atoms with Crippen LogP contribution in [0.1, 0.15) is 29.8 Å². The molecule has 0 spiro atoms. The van der Waals surface area contributed by atoms with Gasteiger partial charge in [-0.05, 0) is 44.2 Å². The number of aromatic nitrogens is 3.